The Kier molecular flexibility index (Phi) is 6.51. The highest BCUT2D eigenvalue weighted by Gasteiger charge is 2.22. The van der Waals surface area contributed by atoms with Gasteiger partial charge in [0.15, 0.2) is 0 Å². The van der Waals surface area contributed by atoms with Gasteiger partial charge in [0.05, 0.1) is 30.5 Å². The molecule has 0 amide bonds. The number of anilines is 1. The van der Waals surface area contributed by atoms with Crippen LogP contribution in [0.4, 0.5) is 5.69 Å². The van der Waals surface area contributed by atoms with Crippen LogP contribution in [0.5, 0.6) is 5.75 Å². The third-order valence-electron chi connectivity index (χ3n) is 6.89. The van der Waals surface area contributed by atoms with Crippen LogP contribution in [-0.2, 0) is 0 Å². The third kappa shape index (κ3) is 4.50. The first kappa shape index (κ1) is 22.1. The van der Waals surface area contributed by atoms with Crippen LogP contribution in [0.1, 0.15) is 23.6 Å². The highest BCUT2D eigenvalue weighted by molar-refractivity contribution is 5.82. The topological polar surface area (TPSA) is 44.4 Å². The first-order valence-electron chi connectivity index (χ1n) is 11.9. The lowest BCUT2D eigenvalue weighted by Gasteiger charge is -2.37. The van der Waals surface area contributed by atoms with Crippen LogP contribution < -0.4 is 9.64 Å². The van der Waals surface area contributed by atoms with Crippen LogP contribution >= 0.6 is 0 Å². The predicted octanol–water partition coefficient (Wildman–Crippen LogP) is 5.32. The number of ether oxygens (including phenoxy) is 1. The molecule has 0 spiro atoms. The molecule has 1 atom stereocenters. The highest BCUT2D eigenvalue weighted by atomic mass is 16.5. The van der Waals surface area contributed by atoms with Crippen LogP contribution in [0.2, 0.25) is 0 Å². The van der Waals surface area contributed by atoms with Crippen LogP contribution in [0, 0.1) is 11.3 Å². The Bertz CT molecular complexity index is 1280. The van der Waals surface area contributed by atoms with Gasteiger partial charge in [-0.05, 0) is 48.4 Å². The maximum Gasteiger partial charge on any atom is 0.142 e. The van der Waals surface area contributed by atoms with E-state index < -0.39 is 0 Å². The van der Waals surface area contributed by atoms with Gasteiger partial charge in [0, 0.05) is 49.8 Å². The minimum atomic E-state index is 0.249. The predicted molar refractivity (Wildman–Crippen MR) is 137 cm³/mol. The summed E-state index contributed by atoms with van der Waals surface area (Å²) in [5, 5.41) is 10.4. The zero-order valence-electron chi connectivity index (χ0n) is 19.6. The van der Waals surface area contributed by atoms with Gasteiger partial charge in [0.1, 0.15) is 5.75 Å². The molecule has 4 aromatic rings. The van der Waals surface area contributed by atoms with Crippen LogP contribution in [0.15, 0.2) is 85.1 Å². The second-order valence-electron chi connectivity index (χ2n) is 8.82. The molecule has 1 aromatic heterocycles. The van der Waals surface area contributed by atoms with E-state index in [1.54, 1.807) is 7.11 Å². The van der Waals surface area contributed by atoms with Crippen molar-refractivity contribution in [2.24, 2.45) is 0 Å². The second kappa shape index (κ2) is 10.0. The molecule has 1 fully saturated rings. The van der Waals surface area contributed by atoms with E-state index in [4.69, 9.17) is 4.74 Å². The van der Waals surface area contributed by atoms with Crippen molar-refractivity contribution in [3.8, 4) is 11.8 Å². The molecule has 3 aromatic carbocycles. The molecule has 1 aliphatic rings. The number of fused-ring (bicyclic) bond motifs is 1. The number of para-hydroxylation sites is 2. The molecular formula is C29H30N4O. The summed E-state index contributed by atoms with van der Waals surface area (Å²) in [6.07, 6.45) is 3.20. The van der Waals surface area contributed by atoms with Crippen molar-refractivity contribution < 1.29 is 4.74 Å². The molecule has 2 heterocycles. The lowest BCUT2D eigenvalue weighted by molar-refractivity contribution is 0.244. The monoisotopic (exact) mass is 450 g/mol. The number of piperazine rings is 1. The number of rotatable bonds is 7. The Labute approximate surface area is 201 Å². The molecule has 1 unspecified atom stereocenters. The van der Waals surface area contributed by atoms with Crippen molar-refractivity contribution in [1.82, 2.24) is 9.47 Å². The molecular weight excluding hydrogens is 420 g/mol. The van der Waals surface area contributed by atoms with Gasteiger partial charge in [0.2, 0.25) is 0 Å². The highest BCUT2D eigenvalue weighted by Crippen LogP contribution is 2.30. The van der Waals surface area contributed by atoms with Crippen LogP contribution in [-0.4, -0.2) is 49.3 Å². The van der Waals surface area contributed by atoms with Crippen molar-refractivity contribution in [2.45, 2.75) is 12.5 Å². The molecule has 5 nitrogen and oxygen atoms in total. The Balaban J connectivity index is 1.31. The number of nitriles is 1. The van der Waals surface area contributed by atoms with E-state index in [0.717, 1.165) is 50.3 Å². The molecule has 0 aliphatic carbocycles. The number of hydrogen-bond acceptors (Lipinski definition) is 4. The van der Waals surface area contributed by atoms with E-state index in [-0.39, 0.29) is 6.04 Å². The number of nitrogens with zero attached hydrogens (tertiary/aromatic N) is 4. The van der Waals surface area contributed by atoms with E-state index in [1.807, 2.05) is 24.3 Å². The maximum atomic E-state index is 9.27. The fraction of sp³-hybridized carbons (Fsp3) is 0.276. The summed E-state index contributed by atoms with van der Waals surface area (Å²) in [5.74, 6) is 0.944. The van der Waals surface area contributed by atoms with E-state index >= 15 is 0 Å². The minimum Gasteiger partial charge on any atom is -0.495 e. The Morgan fingerprint density at radius 3 is 2.44 bits per heavy atom. The molecule has 5 rings (SSSR count). The Morgan fingerprint density at radius 1 is 0.912 bits per heavy atom. The fourth-order valence-electron chi connectivity index (χ4n) is 5.06. The van der Waals surface area contributed by atoms with Crippen molar-refractivity contribution in [3.05, 3.63) is 96.2 Å². The zero-order chi connectivity index (χ0) is 23.3. The Morgan fingerprint density at radius 2 is 1.68 bits per heavy atom. The normalized spacial score (nSPS) is 15.2. The lowest BCUT2D eigenvalue weighted by Crippen LogP contribution is -2.47. The first-order valence-corrected chi connectivity index (χ1v) is 11.9. The summed E-state index contributed by atoms with van der Waals surface area (Å²) >= 11 is 0. The molecule has 1 aliphatic heterocycles. The van der Waals surface area contributed by atoms with Gasteiger partial charge < -0.3 is 14.2 Å². The molecule has 172 valence electrons. The molecule has 1 saturated heterocycles. The summed E-state index contributed by atoms with van der Waals surface area (Å²) in [6.45, 7) is 5.11. The van der Waals surface area contributed by atoms with E-state index in [1.165, 1.54) is 16.8 Å². The average molecular weight is 451 g/mol. The summed E-state index contributed by atoms with van der Waals surface area (Å²) in [6, 6.07) is 29.6. The van der Waals surface area contributed by atoms with Crippen molar-refractivity contribution >= 4 is 16.6 Å². The van der Waals surface area contributed by atoms with Gasteiger partial charge in [-0.15, -0.1) is 0 Å². The number of benzene rings is 3. The average Bonchev–Trinajstić information content (AvgIpc) is 3.33. The van der Waals surface area contributed by atoms with Gasteiger partial charge in [-0.25, -0.2) is 0 Å². The van der Waals surface area contributed by atoms with E-state index in [2.05, 4.69) is 81.2 Å². The van der Waals surface area contributed by atoms with Crippen molar-refractivity contribution in [1.29, 1.82) is 5.26 Å². The summed E-state index contributed by atoms with van der Waals surface area (Å²) in [7, 11) is 1.74. The van der Waals surface area contributed by atoms with Gasteiger partial charge >= 0.3 is 0 Å². The molecule has 0 bridgehead atoms. The lowest BCUT2D eigenvalue weighted by atomic mass is 10.0. The van der Waals surface area contributed by atoms with E-state index in [9.17, 15) is 5.26 Å². The molecule has 34 heavy (non-hydrogen) atoms. The fourth-order valence-corrected chi connectivity index (χ4v) is 5.06. The van der Waals surface area contributed by atoms with Crippen molar-refractivity contribution in [2.75, 3.05) is 44.7 Å². The third-order valence-corrected chi connectivity index (χ3v) is 6.89. The summed E-state index contributed by atoms with van der Waals surface area (Å²) in [4.78, 5) is 5.00. The molecule has 5 heteroatoms. The van der Waals surface area contributed by atoms with Gasteiger partial charge in [-0.2, -0.15) is 5.26 Å². The summed E-state index contributed by atoms with van der Waals surface area (Å²) < 4.78 is 7.94. The molecule has 0 saturated carbocycles. The first-order chi connectivity index (χ1) is 16.8. The minimum absolute atomic E-state index is 0.249. The quantitative estimate of drug-likeness (QED) is 0.382. The second-order valence-corrected chi connectivity index (χ2v) is 8.82. The SMILES string of the molecule is COc1ccccc1N1CCN(CCC(c2ccccc2)n2ccc3cc(C#N)ccc32)CC1. The maximum absolute atomic E-state index is 9.27. The standard InChI is InChI=1S/C29H30N4O/c1-34-29-10-6-5-9-28(29)32-19-17-31(18-20-32)15-14-27(24-7-3-2-4-8-24)33-16-13-25-21-23(22-30)11-12-26(25)33/h2-13,16,21,27H,14-15,17-20H2,1H3. The smallest absolute Gasteiger partial charge is 0.142 e. The van der Waals surface area contributed by atoms with Crippen molar-refractivity contribution in [3.63, 3.8) is 0 Å². The number of hydrogen-bond donors (Lipinski definition) is 0. The largest absolute Gasteiger partial charge is 0.495 e. The number of aromatic nitrogens is 1. The van der Waals surface area contributed by atoms with E-state index in [0.29, 0.717) is 5.56 Å². The van der Waals surface area contributed by atoms with Crippen LogP contribution in [0.25, 0.3) is 10.9 Å². The van der Waals surface area contributed by atoms with Gasteiger partial charge in [-0.1, -0.05) is 42.5 Å². The van der Waals surface area contributed by atoms with Crippen LogP contribution in [0.3, 0.4) is 0 Å². The zero-order valence-corrected chi connectivity index (χ0v) is 19.6. The molecule has 0 radical (unpaired) electrons. The summed E-state index contributed by atoms with van der Waals surface area (Å²) in [5.41, 5.74) is 4.38. The van der Waals surface area contributed by atoms with Gasteiger partial charge in [0.25, 0.3) is 0 Å². The molecule has 0 N–H and O–H groups in total. The Hall–Kier alpha value is -3.75. The number of methoxy groups -OCH3 is 1. The van der Waals surface area contributed by atoms with Gasteiger partial charge in [-0.3, -0.25) is 4.90 Å².